The van der Waals surface area contributed by atoms with Gasteiger partial charge in [-0.25, -0.2) is 0 Å². The van der Waals surface area contributed by atoms with E-state index in [1.54, 1.807) is 0 Å². The average molecular weight is 430 g/mol. The number of Topliss-reactive ketones (excluding diaryl/α,β-unsaturated/α-hetero) is 1. The van der Waals surface area contributed by atoms with Crippen molar-refractivity contribution in [2.24, 2.45) is 17.8 Å². The predicted octanol–water partition coefficient (Wildman–Crippen LogP) is 5.20. The van der Waals surface area contributed by atoms with Gasteiger partial charge in [0, 0.05) is 33.7 Å². The van der Waals surface area contributed by atoms with Gasteiger partial charge in [0.15, 0.2) is 6.61 Å². The van der Waals surface area contributed by atoms with Crippen LogP contribution in [0.2, 0.25) is 0 Å². The van der Waals surface area contributed by atoms with Gasteiger partial charge in [0.2, 0.25) is 5.78 Å². The topological polar surface area (TPSA) is 59.2 Å². The summed E-state index contributed by atoms with van der Waals surface area (Å²) in [5.74, 6) is 3.36. The maximum atomic E-state index is 12.9. The Bertz CT molecular complexity index is 931. The minimum atomic E-state index is -0.171. The number of rotatable bonds is 4. The molecular weight excluding hydrogens is 402 g/mol. The van der Waals surface area contributed by atoms with E-state index in [4.69, 9.17) is 4.74 Å². The lowest BCUT2D eigenvalue weighted by Crippen LogP contribution is -2.48. The molecule has 1 unspecified atom stereocenters. The Labute approximate surface area is 179 Å². The molecule has 2 bridgehead atoms. The molecule has 1 aliphatic heterocycles. The molecule has 1 aromatic carbocycles. The van der Waals surface area contributed by atoms with Crippen LogP contribution < -0.4 is 0 Å². The second-order valence-corrected chi connectivity index (χ2v) is 11.6. The van der Waals surface area contributed by atoms with E-state index in [2.05, 4.69) is 28.5 Å². The molecular formula is C23H27NO3S2. The van der Waals surface area contributed by atoms with Gasteiger partial charge < -0.3 is 9.72 Å². The summed E-state index contributed by atoms with van der Waals surface area (Å²) in [7, 11) is 0. The number of aromatic amines is 1. The Morgan fingerprint density at radius 3 is 2.55 bits per heavy atom. The molecule has 1 saturated heterocycles. The molecule has 0 radical (unpaired) electrons. The number of thioether (sulfide) groups is 2. The number of benzene rings is 1. The number of ether oxygens (including phenoxy) is 1. The number of aromatic nitrogens is 1. The maximum Gasteiger partial charge on any atom is 0.309 e. The fourth-order valence-electron chi connectivity index (χ4n) is 5.76. The second-order valence-electron chi connectivity index (χ2n) is 8.61. The summed E-state index contributed by atoms with van der Waals surface area (Å²) >= 11 is 4.29. The number of para-hydroxylation sites is 1. The number of hydrogen-bond acceptors (Lipinski definition) is 5. The van der Waals surface area contributed by atoms with Gasteiger partial charge in [0.25, 0.3) is 0 Å². The van der Waals surface area contributed by atoms with Gasteiger partial charge in [-0.3, -0.25) is 9.59 Å². The van der Waals surface area contributed by atoms with Crippen LogP contribution in [0, 0.1) is 24.7 Å². The highest BCUT2D eigenvalue weighted by molar-refractivity contribution is 8.21. The standard InChI is InChI=1S/C23H27NO3S2/c1-14-21(18-7-2-3-8-19(18)24-14)20(25)13-27-22(26)15-11-16-5-4-6-17(12-15)23(16)28-9-10-29-23/h2-3,7-8,15-17,24H,4-6,9-13H2,1H3/t15?,16-,17+. The zero-order chi connectivity index (χ0) is 20.0. The van der Waals surface area contributed by atoms with Gasteiger partial charge in [0.1, 0.15) is 0 Å². The van der Waals surface area contributed by atoms with Crippen molar-refractivity contribution in [3.63, 3.8) is 0 Å². The normalized spacial score (nSPS) is 28.0. The zero-order valence-electron chi connectivity index (χ0n) is 16.7. The summed E-state index contributed by atoms with van der Waals surface area (Å²) in [6, 6.07) is 7.77. The van der Waals surface area contributed by atoms with Crippen LogP contribution in [0.3, 0.4) is 0 Å². The Hall–Kier alpha value is -1.40. The monoisotopic (exact) mass is 429 g/mol. The molecule has 2 aromatic rings. The first-order chi connectivity index (χ1) is 14.1. The third kappa shape index (κ3) is 3.32. The number of nitrogens with one attached hydrogen (secondary N) is 1. The predicted molar refractivity (Wildman–Crippen MR) is 120 cm³/mol. The summed E-state index contributed by atoms with van der Waals surface area (Å²) in [6.45, 7) is 1.73. The van der Waals surface area contributed by atoms with Gasteiger partial charge in [-0.2, -0.15) is 0 Å². The van der Waals surface area contributed by atoms with E-state index in [1.807, 2.05) is 31.2 Å². The van der Waals surface area contributed by atoms with Crippen molar-refractivity contribution >= 4 is 46.2 Å². The average Bonchev–Trinajstić information content (AvgIpc) is 3.30. The molecule has 2 saturated carbocycles. The number of carbonyl (C=O) groups excluding carboxylic acids is 2. The highest BCUT2D eigenvalue weighted by Crippen LogP contribution is 2.64. The molecule has 29 heavy (non-hydrogen) atoms. The summed E-state index contributed by atoms with van der Waals surface area (Å²) < 4.78 is 5.92. The molecule has 3 aliphatic rings. The van der Waals surface area contributed by atoms with Crippen LogP contribution in [0.5, 0.6) is 0 Å². The number of aryl methyl sites for hydroxylation is 1. The number of H-pyrrole nitrogens is 1. The van der Waals surface area contributed by atoms with Crippen LogP contribution in [0.25, 0.3) is 10.9 Å². The lowest BCUT2D eigenvalue weighted by atomic mass is 9.67. The van der Waals surface area contributed by atoms with Crippen LogP contribution in [0.4, 0.5) is 0 Å². The van der Waals surface area contributed by atoms with Crippen LogP contribution >= 0.6 is 23.5 Å². The molecule has 154 valence electrons. The molecule has 1 N–H and O–H groups in total. The van der Waals surface area contributed by atoms with E-state index in [9.17, 15) is 9.59 Å². The van der Waals surface area contributed by atoms with E-state index in [0.717, 1.165) is 29.4 Å². The van der Waals surface area contributed by atoms with Crippen molar-refractivity contribution in [2.75, 3.05) is 18.1 Å². The fraction of sp³-hybridized carbons (Fsp3) is 0.565. The second kappa shape index (κ2) is 7.69. The Morgan fingerprint density at radius 1 is 1.14 bits per heavy atom. The fourth-order valence-corrected chi connectivity index (χ4v) is 9.70. The SMILES string of the molecule is Cc1[nH]c2ccccc2c1C(=O)COC(=O)C1C[C@H]2CCC[C@@H](C1)C21SCCS1. The number of ketones is 1. The highest BCUT2D eigenvalue weighted by Gasteiger charge is 2.55. The van der Waals surface area contributed by atoms with Crippen LogP contribution in [-0.2, 0) is 9.53 Å². The molecule has 3 atom stereocenters. The van der Waals surface area contributed by atoms with Crippen molar-refractivity contribution in [2.45, 2.75) is 43.1 Å². The van der Waals surface area contributed by atoms with Crippen molar-refractivity contribution in [3.05, 3.63) is 35.5 Å². The Balaban J connectivity index is 1.25. The molecule has 3 fully saturated rings. The Morgan fingerprint density at radius 2 is 1.83 bits per heavy atom. The highest BCUT2D eigenvalue weighted by atomic mass is 32.2. The molecule has 0 amide bonds. The van der Waals surface area contributed by atoms with Crippen molar-refractivity contribution in [1.82, 2.24) is 4.98 Å². The molecule has 4 nitrogen and oxygen atoms in total. The van der Waals surface area contributed by atoms with Gasteiger partial charge in [-0.1, -0.05) is 24.6 Å². The molecule has 1 spiro atoms. The van der Waals surface area contributed by atoms with E-state index in [0.29, 0.717) is 21.5 Å². The quantitative estimate of drug-likeness (QED) is 0.534. The summed E-state index contributed by atoms with van der Waals surface area (Å²) in [4.78, 5) is 28.9. The van der Waals surface area contributed by atoms with E-state index in [-0.39, 0.29) is 24.3 Å². The first-order valence-corrected chi connectivity index (χ1v) is 12.6. The Kier molecular flexibility index (Phi) is 5.19. The van der Waals surface area contributed by atoms with E-state index >= 15 is 0 Å². The van der Waals surface area contributed by atoms with Crippen LogP contribution in [0.15, 0.2) is 24.3 Å². The van der Waals surface area contributed by atoms with Crippen LogP contribution in [0.1, 0.15) is 48.2 Å². The number of fused-ring (bicyclic) bond motifs is 1. The lowest BCUT2D eigenvalue weighted by molar-refractivity contribution is -0.150. The van der Waals surface area contributed by atoms with E-state index in [1.165, 1.54) is 30.8 Å². The summed E-state index contributed by atoms with van der Waals surface area (Å²) in [5.41, 5.74) is 2.42. The first kappa shape index (κ1) is 19.6. The molecule has 2 aliphatic carbocycles. The first-order valence-electron chi connectivity index (χ1n) is 10.6. The number of esters is 1. The molecule has 1 aromatic heterocycles. The third-order valence-electron chi connectivity index (χ3n) is 6.97. The molecule has 6 heteroatoms. The molecule has 5 rings (SSSR count). The summed E-state index contributed by atoms with van der Waals surface area (Å²) in [6.07, 6.45) is 5.60. The van der Waals surface area contributed by atoms with Crippen molar-refractivity contribution < 1.29 is 14.3 Å². The van der Waals surface area contributed by atoms with Gasteiger partial charge in [-0.15, -0.1) is 23.5 Å². The lowest BCUT2D eigenvalue weighted by Gasteiger charge is -2.51. The third-order valence-corrected chi connectivity index (χ3v) is 11.0. The van der Waals surface area contributed by atoms with Gasteiger partial charge in [-0.05, 0) is 50.5 Å². The minimum Gasteiger partial charge on any atom is -0.457 e. The maximum absolute atomic E-state index is 12.9. The zero-order valence-corrected chi connectivity index (χ0v) is 18.4. The summed E-state index contributed by atoms with van der Waals surface area (Å²) in [5, 5.41) is 0.899. The van der Waals surface area contributed by atoms with Gasteiger partial charge in [0.05, 0.1) is 10.00 Å². The van der Waals surface area contributed by atoms with Crippen molar-refractivity contribution in [1.29, 1.82) is 0 Å². The number of carbonyl (C=O) groups is 2. The minimum absolute atomic E-state index is 0.0467. The largest absolute Gasteiger partial charge is 0.457 e. The number of hydrogen-bond donors (Lipinski definition) is 1. The van der Waals surface area contributed by atoms with Gasteiger partial charge >= 0.3 is 5.97 Å². The van der Waals surface area contributed by atoms with E-state index < -0.39 is 0 Å². The van der Waals surface area contributed by atoms with Crippen LogP contribution in [-0.4, -0.2) is 38.9 Å². The van der Waals surface area contributed by atoms with Crippen molar-refractivity contribution in [3.8, 4) is 0 Å². The molecule has 2 heterocycles. The smallest absolute Gasteiger partial charge is 0.309 e.